The second kappa shape index (κ2) is 8.17. The molecule has 1 amide bonds. The van der Waals surface area contributed by atoms with Crippen LogP contribution in [0.2, 0.25) is 0 Å². The van der Waals surface area contributed by atoms with E-state index in [0.29, 0.717) is 6.54 Å². The van der Waals surface area contributed by atoms with Crippen LogP contribution in [0.1, 0.15) is 23.8 Å². The van der Waals surface area contributed by atoms with Gasteiger partial charge in [-0.05, 0) is 30.5 Å². The summed E-state index contributed by atoms with van der Waals surface area (Å²) in [6.07, 6.45) is 2.93. The number of methoxy groups -OCH3 is 1. The molecule has 4 nitrogen and oxygen atoms in total. The Morgan fingerprint density at radius 3 is 2.62 bits per heavy atom. The lowest BCUT2D eigenvalue weighted by Crippen LogP contribution is -2.31. The van der Waals surface area contributed by atoms with Crippen molar-refractivity contribution in [3.05, 3.63) is 66.0 Å². The molecule has 1 N–H and O–H groups in total. The van der Waals surface area contributed by atoms with Gasteiger partial charge < -0.3 is 10.1 Å². The van der Waals surface area contributed by atoms with Crippen LogP contribution in [0.3, 0.4) is 0 Å². The summed E-state index contributed by atoms with van der Waals surface area (Å²) in [5.74, 6) is -0.107. The van der Waals surface area contributed by atoms with Gasteiger partial charge in [-0.3, -0.25) is 9.78 Å². The third-order valence-electron chi connectivity index (χ3n) is 3.21. The fourth-order valence-corrected chi connectivity index (χ4v) is 2.14. The highest BCUT2D eigenvalue weighted by Crippen LogP contribution is 2.16. The molecule has 1 atom stereocenters. The predicted octanol–water partition coefficient (Wildman–Crippen LogP) is 2.52. The average molecular weight is 284 g/mol. The summed E-state index contributed by atoms with van der Waals surface area (Å²) in [6.45, 7) is 0.613. The molecule has 4 heteroatoms. The van der Waals surface area contributed by atoms with Gasteiger partial charge >= 0.3 is 0 Å². The molecule has 0 saturated carbocycles. The van der Waals surface area contributed by atoms with E-state index in [1.807, 2.05) is 48.5 Å². The summed E-state index contributed by atoms with van der Waals surface area (Å²) >= 11 is 0. The molecule has 1 heterocycles. The van der Waals surface area contributed by atoms with Crippen molar-refractivity contribution in [3.63, 3.8) is 0 Å². The van der Waals surface area contributed by atoms with Gasteiger partial charge in [0.25, 0.3) is 5.91 Å². The zero-order valence-electron chi connectivity index (χ0n) is 12.2. The first kappa shape index (κ1) is 15.2. The van der Waals surface area contributed by atoms with Gasteiger partial charge in [-0.2, -0.15) is 0 Å². The minimum atomic E-state index is -0.555. The molecule has 1 aromatic carbocycles. The summed E-state index contributed by atoms with van der Waals surface area (Å²) in [5.41, 5.74) is 1.90. The highest BCUT2D eigenvalue weighted by atomic mass is 16.5. The summed E-state index contributed by atoms with van der Waals surface area (Å²) in [7, 11) is 1.55. The Morgan fingerprint density at radius 1 is 1.19 bits per heavy atom. The van der Waals surface area contributed by atoms with Gasteiger partial charge in [0.05, 0.1) is 0 Å². The van der Waals surface area contributed by atoms with Crippen molar-refractivity contribution in [3.8, 4) is 0 Å². The van der Waals surface area contributed by atoms with Gasteiger partial charge in [0, 0.05) is 25.5 Å². The summed E-state index contributed by atoms with van der Waals surface area (Å²) < 4.78 is 5.29. The second-order valence-corrected chi connectivity index (χ2v) is 4.74. The van der Waals surface area contributed by atoms with Crippen LogP contribution < -0.4 is 5.32 Å². The van der Waals surface area contributed by atoms with Gasteiger partial charge in [0.15, 0.2) is 6.10 Å². The standard InChI is InChI=1S/C17H20N2O2/c1-21-16(14-8-3-2-4-9-14)17(20)19-13-7-11-15-10-5-6-12-18-15/h2-6,8-10,12,16H,7,11,13H2,1H3,(H,19,20)/t16-/m1/s1. The van der Waals surface area contributed by atoms with E-state index in [-0.39, 0.29) is 5.91 Å². The minimum absolute atomic E-state index is 0.107. The van der Waals surface area contributed by atoms with Crippen molar-refractivity contribution in [2.24, 2.45) is 0 Å². The third kappa shape index (κ3) is 4.68. The van der Waals surface area contributed by atoms with E-state index in [0.717, 1.165) is 24.1 Å². The second-order valence-electron chi connectivity index (χ2n) is 4.74. The first-order chi connectivity index (χ1) is 10.3. The van der Waals surface area contributed by atoms with Crippen molar-refractivity contribution in [1.82, 2.24) is 10.3 Å². The lowest BCUT2D eigenvalue weighted by molar-refractivity contribution is -0.131. The number of rotatable bonds is 7. The maximum absolute atomic E-state index is 12.1. The van der Waals surface area contributed by atoms with Crippen molar-refractivity contribution < 1.29 is 9.53 Å². The normalized spacial score (nSPS) is 11.9. The van der Waals surface area contributed by atoms with E-state index in [9.17, 15) is 4.79 Å². The number of aromatic nitrogens is 1. The number of pyridine rings is 1. The van der Waals surface area contributed by atoms with E-state index in [4.69, 9.17) is 4.74 Å². The Morgan fingerprint density at radius 2 is 1.95 bits per heavy atom. The summed E-state index contributed by atoms with van der Waals surface area (Å²) in [6, 6.07) is 15.4. The number of nitrogens with one attached hydrogen (secondary N) is 1. The van der Waals surface area contributed by atoms with Crippen LogP contribution in [0.25, 0.3) is 0 Å². The third-order valence-corrected chi connectivity index (χ3v) is 3.21. The van der Waals surface area contributed by atoms with Crippen LogP contribution in [0.4, 0.5) is 0 Å². The zero-order valence-corrected chi connectivity index (χ0v) is 12.2. The minimum Gasteiger partial charge on any atom is -0.367 e. The molecule has 0 fully saturated rings. The molecular weight excluding hydrogens is 264 g/mol. The quantitative estimate of drug-likeness (QED) is 0.795. The number of carbonyl (C=O) groups is 1. The van der Waals surface area contributed by atoms with Crippen molar-refractivity contribution >= 4 is 5.91 Å². The molecule has 0 aliphatic carbocycles. The molecule has 1 aromatic heterocycles. The van der Waals surface area contributed by atoms with Crippen LogP contribution in [-0.4, -0.2) is 24.5 Å². The molecule has 2 aromatic rings. The average Bonchev–Trinajstić information content (AvgIpc) is 2.54. The Balaban J connectivity index is 1.78. The lowest BCUT2D eigenvalue weighted by Gasteiger charge is -2.15. The van der Waals surface area contributed by atoms with Crippen LogP contribution >= 0.6 is 0 Å². The van der Waals surface area contributed by atoms with Crippen molar-refractivity contribution in [2.45, 2.75) is 18.9 Å². The Hall–Kier alpha value is -2.20. The molecule has 0 radical (unpaired) electrons. The van der Waals surface area contributed by atoms with E-state index < -0.39 is 6.10 Å². The number of hydrogen-bond donors (Lipinski definition) is 1. The van der Waals surface area contributed by atoms with Crippen LogP contribution in [-0.2, 0) is 16.0 Å². The maximum Gasteiger partial charge on any atom is 0.253 e. The molecule has 0 saturated heterocycles. The highest BCUT2D eigenvalue weighted by molar-refractivity contribution is 5.82. The fourth-order valence-electron chi connectivity index (χ4n) is 2.14. The number of benzene rings is 1. The molecule has 21 heavy (non-hydrogen) atoms. The fraction of sp³-hybridized carbons (Fsp3) is 0.294. The smallest absolute Gasteiger partial charge is 0.253 e. The van der Waals surface area contributed by atoms with Gasteiger partial charge in [-0.1, -0.05) is 36.4 Å². The van der Waals surface area contributed by atoms with Crippen molar-refractivity contribution in [2.75, 3.05) is 13.7 Å². The zero-order chi connectivity index (χ0) is 14.9. The van der Waals surface area contributed by atoms with Crippen LogP contribution in [0.5, 0.6) is 0 Å². The van der Waals surface area contributed by atoms with Gasteiger partial charge in [-0.15, -0.1) is 0 Å². The maximum atomic E-state index is 12.1. The summed E-state index contributed by atoms with van der Waals surface area (Å²) in [4.78, 5) is 16.4. The molecule has 0 bridgehead atoms. The lowest BCUT2D eigenvalue weighted by atomic mass is 10.1. The molecule has 0 spiro atoms. The van der Waals surface area contributed by atoms with E-state index in [2.05, 4.69) is 10.3 Å². The van der Waals surface area contributed by atoms with Gasteiger partial charge in [0.2, 0.25) is 0 Å². The molecule has 110 valence electrons. The molecule has 0 aliphatic rings. The Kier molecular flexibility index (Phi) is 5.91. The number of ether oxygens (including phenoxy) is 1. The first-order valence-electron chi connectivity index (χ1n) is 7.06. The SMILES string of the molecule is CO[C@@H](C(=O)NCCCc1ccccn1)c1ccccc1. The Labute approximate surface area is 125 Å². The molecular formula is C17H20N2O2. The Bertz CT molecular complexity index is 543. The number of amides is 1. The molecule has 2 rings (SSSR count). The largest absolute Gasteiger partial charge is 0.367 e. The number of aryl methyl sites for hydroxylation is 1. The highest BCUT2D eigenvalue weighted by Gasteiger charge is 2.18. The van der Waals surface area contributed by atoms with E-state index in [1.54, 1.807) is 13.3 Å². The van der Waals surface area contributed by atoms with Gasteiger partial charge in [0.1, 0.15) is 0 Å². The van der Waals surface area contributed by atoms with Crippen LogP contribution in [0.15, 0.2) is 54.7 Å². The molecule has 0 aliphatic heterocycles. The topological polar surface area (TPSA) is 51.2 Å². The monoisotopic (exact) mass is 284 g/mol. The predicted molar refractivity (Wildman–Crippen MR) is 81.8 cm³/mol. The number of hydrogen-bond acceptors (Lipinski definition) is 3. The first-order valence-corrected chi connectivity index (χ1v) is 7.06. The number of nitrogens with zero attached hydrogens (tertiary/aromatic N) is 1. The van der Waals surface area contributed by atoms with E-state index in [1.165, 1.54) is 0 Å². The van der Waals surface area contributed by atoms with Gasteiger partial charge in [-0.25, -0.2) is 0 Å². The van der Waals surface area contributed by atoms with Crippen molar-refractivity contribution in [1.29, 1.82) is 0 Å². The van der Waals surface area contributed by atoms with Crippen LogP contribution in [0, 0.1) is 0 Å². The molecule has 0 unspecified atom stereocenters. The number of carbonyl (C=O) groups excluding carboxylic acids is 1. The summed E-state index contributed by atoms with van der Waals surface area (Å²) in [5, 5.41) is 2.91. The van der Waals surface area contributed by atoms with E-state index >= 15 is 0 Å².